The van der Waals surface area contributed by atoms with Crippen LogP contribution >= 0.6 is 35.6 Å². The van der Waals surface area contributed by atoms with E-state index in [0.717, 1.165) is 64.3 Å². The molecule has 10 heteroatoms. The minimum Gasteiger partial charge on any atom is -0.381 e. The smallest absolute Gasteiger partial charge is 0.248 e. The summed E-state index contributed by atoms with van der Waals surface area (Å²) in [5.41, 5.74) is 0.812. The van der Waals surface area contributed by atoms with Crippen LogP contribution in [-0.4, -0.2) is 55.6 Å². The van der Waals surface area contributed by atoms with Gasteiger partial charge in [0.1, 0.15) is 6.54 Å². The standard InChI is InChI=1S/C21H30ClN5O3.HI/c1-2-23-21(24-9-4-10-29-15-16-7-11-28-12-8-16)25-14-19-26-20(27-30-19)17-5-3-6-18(22)13-17;/h3,5-6,13,16H,2,4,7-12,14-15H2,1H3,(H2,23,24,25);1H. The van der Waals surface area contributed by atoms with Gasteiger partial charge < -0.3 is 24.6 Å². The molecule has 2 N–H and O–H groups in total. The van der Waals surface area contributed by atoms with Crippen molar-refractivity contribution in [2.75, 3.05) is 39.5 Å². The third-order valence-corrected chi connectivity index (χ3v) is 4.95. The second kappa shape index (κ2) is 14.6. The van der Waals surface area contributed by atoms with E-state index in [2.05, 4.69) is 25.8 Å². The first-order valence-electron chi connectivity index (χ1n) is 10.5. The maximum Gasteiger partial charge on any atom is 0.248 e. The van der Waals surface area contributed by atoms with Gasteiger partial charge in [-0.3, -0.25) is 0 Å². The summed E-state index contributed by atoms with van der Waals surface area (Å²) in [6.45, 7) is 7.14. The molecular weight excluding hydrogens is 533 g/mol. The van der Waals surface area contributed by atoms with E-state index in [1.165, 1.54) is 0 Å². The van der Waals surface area contributed by atoms with Crippen molar-refractivity contribution in [3.8, 4) is 11.4 Å². The Kier molecular flexibility index (Phi) is 12.2. The van der Waals surface area contributed by atoms with Crippen LogP contribution in [0.5, 0.6) is 0 Å². The van der Waals surface area contributed by atoms with Crippen molar-refractivity contribution in [3.63, 3.8) is 0 Å². The SMILES string of the molecule is CCNC(=NCc1nc(-c2cccc(Cl)c2)no1)NCCCOCC1CCOCC1.I. The van der Waals surface area contributed by atoms with E-state index in [0.29, 0.717) is 35.2 Å². The molecule has 2 heterocycles. The van der Waals surface area contributed by atoms with E-state index in [1.54, 1.807) is 12.1 Å². The zero-order valence-electron chi connectivity index (χ0n) is 17.8. The van der Waals surface area contributed by atoms with Crippen LogP contribution in [0.25, 0.3) is 11.4 Å². The molecule has 0 saturated carbocycles. The number of hydrogen-bond donors (Lipinski definition) is 2. The highest BCUT2D eigenvalue weighted by Crippen LogP contribution is 2.20. The van der Waals surface area contributed by atoms with Crippen molar-refractivity contribution in [2.24, 2.45) is 10.9 Å². The Bertz CT molecular complexity index is 799. The number of halogens is 2. The number of aromatic nitrogens is 2. The fraction of sp³-hybridized carbons (Fsp3) is 0.571. The third-order valence-electron chi connectivity index (χ3n) is 4.72. The lowest BCUT2D eigenvalue weighted by Crippen LogP contribution is -2.38. The second-order valence-corrected chi connectivity index (χ2v) is 7.56. The van der Waals surface area contributed by atoms with Gasteiger partial charge in [-0.1, -0.05) is 28.9 Å². The molecule has 3 rings (SSSR count). The first-order valence-corrected chi connectivity index (χ1v) is 10.9. The summed E-state index contributed by atoms with van der Waals surface area (Å²) in [5, 5.41) is 11.2. The molecule has 1 saturated heterocycles. The summed E-state index contributed by atoms with van der Waals surface area (Å²) in [5.74, 6) is 2.30. The van der Waals surface area contributed by atoms with Gasteiger partial charge in [0.2, 0.25) is 11.7 Å². The van der Waals surface area contributed by atoms with Gasteiger partial charge in [0, 0.05) is 50.1 Å². The van der Waals surface area contributed by atoms with E-state index >= 15 is 0 Å². The highest BCUT2D eigenvalue weighted by atomic mass is 127. The number of benzene rings is 1. The van der Waals surface area contributed by atoms with Gasteiger partial charge in [0.05, 0.1) is 0 Å². The van der Waals surface area contributed by atoms with Crippen LogP contribution in [0.4, 0.5) is 0 Å². The van der Waals surface area contributed by atoms with Gasteiger partial charge in [0.15, 0.2) is 5.96 Å². The van der Waals surface area contributed by atoms with Crippen LogP contribution in [-0.2, 0) is 16.0 Å². The highest BCUT2D eigenvalue weighted by molar-refractivity contribution is 14.0. The number of ether oxygens (including phenoxy) is 2. The monoisotopic (exact) mass is 563 g/mol. The third kappa shape index (κ3) is 9.30. The molecule has 1 aromatic heterocycles. The van der Waals surface area contributed by atoms with Crippen LogP contribution in [0.3, 0.4) is 0 Å². The molecule has 172 valence electrons. The van der Waals surface area contributed by atoms with Crippen LogP contribution in [0.1, 0.15) is 32.1 Å². The molecule has 1 fully saturated rings. The number of guanidine groups is 1. The van der Waals surface area contributed by atoms with Gasteiger partial charge in [-0.25, -0.2) is 4.99 Å². The molecule has 0 radical (unpaired) electrons. The summed E-state index contributed by atoms with van der Waals surface area (Å²) < 4.78 is 16.5. The lowest BCUT2D eigenvalue weighted by molar-refractivity contribution is 0.0203. The number of hydrogen-bond acceptors (Lipinski definition) is 6. The summed E-state index contributed by atoms with van der Waals surface area (Å²) in [6.07, 6.45) is 3.11. The molecular formula is C21H31ClIN5O3. The van der Waals surface area contributed by atoms with Gasteiger partial charge in [-0.2, -0.15) is 4.98 Å². The highest BCUT2D eigenvalue weighted by Gasteiger charge is 2.13. The Balaban J connectivity index is 0.00000341. The summed E-state index contributed by atoms with van der Waals surface area (Å²) in [4.78, 5) is 8.91. The first-order chi connectivity index (χ1) is 14.7. The lowest BCUT2D eigenvalue weighted by Gasteiger charge is -2.21. The molecule has 1 aliphatic heterocycles. The average molecular weight is 564 g/mol. The summed E-state index contributed by atoms with van der Waals surface area (Å²) in [6, 6.07) is 7.35. The van der Waals surface area contributed by atoms with Crippen LogP contribution in [0.15, 0.2) is 33.8 Å². The topological polar surface area (TPSA) is 93.8 Å². The number of nitrogens with one attached hydrogen (secondary N) is 2. The zero-order chi connectivity index (χ0) is 21.0. The van der Waals surface area contributed by atoms with Crippen molar-refractivity contribution >= 4 is 41.5 Å². The van der Waals surface area contributed by atoms with Gasteiger partial charge in [-0.05, 0) is 44.2 Å². The fourth-order valence-electron chi connectivity index (χ4n) is 3.10. The van der Waals surface area contributed by atoms with E-state index in [9.17, 15) is 0 Å². The molecule has 0 spiro atoms. The van der Waals surface area contributed by atoms with E-state index < -0.39 is 0 Å². The molecule has 8 nitrogen and oxygen atoms in total. The molecule has 0 aliphatic carbocycles. The Labute approximate surface area is 205 Å². The van der Waals surface area contributed by atoms with E-state index in [1.807, 2.05) is 19.1 Å². The fourth-order valence-corrected chi connectivity index (χ4v) is 3.29. The molecule has 0 amide bonds. The van der Waals surface area contributed by atoms with Crippen molar-refractivity contribution in [1.29, 1.82) is 0 Å². The second-order valence-electron chi connectivity index (χ2n) is 7.13. The summed E-state index contributed by atoms with van der Waals surface area (Å²) >= 11 is 6.02. The number of rotatable bonds is 10. The molecule has 2 aromatic rings. The predicted octanol–water partition coefficient (Wildman–Crippen LogP) is 3.90. The van der Waals surface area contributed by atoms with Crippen molar-refractivity contribution in [1.82, 2.24) is 20.8 Å². The van der Waals surface area contributed by atoms with Crippen molar-refractivity contribution < 1.29 is 14.0 Å². The molecule has 0 bridgehead atoms. The molecule has 31 heavy (non-hydrogen) atoms. The quantitative estimate of drug-likeness (QED) is 0.196. The Morgan fingerprint density at radius 1 is 1.29 bits per heavy atom. The van der Waals surface area contributed by atoms with E-state index in [4.69, 9.17) is 25.6 Å². The maximum atomic E-state index is 6.02. The van der Waals surface area contributed by atoms with Gasteiger partial charge in [0.25, 0.3) is 0 Å². The molecule has 0 unspecified atom stereocenters. The minimum atomic E-state index is 0. The number of aliphatic imine (C=N–C) groups is 1. The molecule has 0 atom stereocenters. The summed E-state index contributed by atoms with van der Waals surface area (Å²) in [7, 11) is 0. The normalized spacial score (nSPS) is 14.8. The Hall–Kier alpha value is -1.43. The van der Waals surface area contributed by atoms with Crippen molar-refractivity contribution in [3.05, 3.63) is 35.2 Å². The van der Waals surface area contributed by atoms with Crippen molar-refractivity contribution in [2.45, 2.75) is 32.7 Å². The van der Waals surface area contributed by atoms with Gasteiger partial charge in [-0.15, -0.1) is 24.0 Å². The first kappa shape index (κ1) is 25.8. The van der Waals surface area contributed by atoms with Crippen LogP contribution < -0.4 is 10.6 Å². The predicted molar refractivity (Wildman–Crippen MR) is 132 cm³/mol. The Morgan fingerprint density at radius 3 is 2.90 bits per heavy atom. The molecule has 1 aliphatic rings. The average Bonchev–Trinajstić information content (AvgIpc) is 3.24. The lowest BCUT2D eigenvalue weighted by atomic mass is 10.0. The number of nitrogens with zero attached hydrogens (tertiary/aromatic N) is 3. The minimum absolute atomic E-state index is 0. The van der Waals surface area contributed by atoms with E-state index in [-0.39, 0.29) is 24.0 Å². The zero-order valence-corrected chi connectivity index (χ0v) is 20.9. The van der Waals surface area contributed by atoms with Gasteiger partial charge >= 0.3 is 0 Å². The molecule has 1 aromatic carbocycles. The largest absolute Gasteiger partial charge is 0.381 e. The van der Waals surface area contributed by atoms with Crippen LogP contribution in [0.2, 0.25) is 5.02 Å². The maximum absolute atomic E-state index is 6.02. The van der Waals surface area contributed by atoms with Crippen LogP contribution in [0, 0.1) is 5.92 Å². The Morgan fingerprint density at radius 2 is 2.13 bits per heavy atom.